The highest BCUT2D eigenvalue weighted by atomic mass is 19.2. The van der Waals surface area contributed by atoms with E-state index in [0.29, 0.717) is 81.4 Å². The van der Waals surface area contributed by atoms with Gasteiger partial charge in [0.05, 0.1) is 63.1 Å². The zero-order valence-electron chi connectivity index (χ0n) is 45.9. The van der Waals surface area contributed by atoms with Gasteiger partial charge in [-0.2, -0.15) is 10.2 Å². The Kier molecular flexibility index (Phi) is 19.7. The minimum Gasteiger partial charge on any atom is -0.494 e. The maximum atomic E-state index is 16.1. The van der Waals surface area contributed by atoms with Crippen molar-refractivity contribution in [1.29, 1.82) is 0 Å². The number of H-pyrrole nitrogens is 1. The van der Waals surface area contributed by atoms with Crippen molar-refractivity contribution in [2.24, 2.45) is 20.5 Å². The zero-order valence-corrected chi connectivity index (χ0v) is 45.9. The van der Waals surface area contributed by atoms with E-state index in [-0.39, 0.29) is 57.3 Å². The number of nitro groups is 1. The number of anilines is 1. The molecule has 0 spiro atoms. The predicted octanol–water partition coefficient (Wildman–Crippen LogP) is 6.80. The van der Waals surface area contributed by atoms with Gasteiger partial charge in [0.1, 0.15) is 58.7 Å². The number of non-ortho nitro benzene ring substituents is 1. The number of hydrogen-bond acceptors (Lipinski definition) is 19. The molecule has 6 N–H and O–H groups in total. The van der Waals surface area contributed by atoms with Gasteiger partial charge in [0.15, 0.2) is 17.7 Å². The van der Waals surface area contributed by atoms with E-state index in [1.54, 1.807) is 67.0 Å². The first-order chi connectivity index (χ1) is 40.2. The van der Waals surface area contributed by atoms with Crippen LogP contribution in [0.5, 0.6) is 11.5 Å². The minimum absolute atomic E-state index is 0.000866. The van der Waals surface area contributed by atoms with Crippen LogP contribution in [0.25, 0.3) is 6.08 Å². The molecular formula is C55H65BF2N14O11. The zero-order chi connectivity index (χ0) is 58.5. The monoisotopic (exact) mass is 1150 g/mol. The third-order valence-corrected chi connectivity index (χ3v) is 14.1. The van der Waals surface area contributed by atoms with Crippen LogP contribution in [0.4, 0.5) is 42.8 Å². The van der Waals surface area contributed by atoms with E-state index in [1.165, 1.54) is 43.2 Å². The van der Waals surface area contributed by atoms with E-state index in [0.717, 1.165) is 40.6 Å². The number of ether oxygens (including phenoxy) is 5. The standard InChI is InChI=1S/C55H65BF2N14O11/c1-68(39-13-9-36(10-14-39)62-65-45-31-49(80-3)46(32-48(45)79-2)66-63-37-11-15-41(16-12-37)72(77)78)27-5-4-23-59-24-7-29-82-55-54(76)53(75)52(74)50(83-55)35-81-34-38-33-69(67-64-38)28-26-61-51(73)22-20-40-17-18-42-30-43-19-21-47(44-8-6-25-60-44)71(43)56(57,58)70(40)42/h6,8-19,21,25,30-33,50,52-55,59-60,74-76H,4-5,7,20,22-24,26-29,34-35H2,1-3H3,(H,61,73)/t50-,52-,53+,54-,55-/m1/s1. The number of amides is 1. The Morgan fingerprint density at radius 3 is 2.30 bits per heavy atom. The number of carbonyl (C=O) groups is 1. The maximum Gasteiger partial charge on any atom is 0.737 e. The Hall–Kier alpha value is -8.38. The number of azo groups is 2. The molecule has 438 valence electrons. The number of aromatic nitrogens is 5. The number of aromatic amines is 1. The summed E-state index contributed by atoms with van der Waals surface area (Å²) in [5.41, 5.74) is 5.34. The normalized spacial score (nSPS) is 19.1. The van der Waals surface area contributed by atoms with Crippen LogP contribution in [-0.2, 0) is 38.6 Å². The number of halogens is 2. The highest BCUT2D eigenvalue weighted by Gasteiger charge is 2.53. The summed E-state index contributed by atoms with van der Waals surface area (Å²) in [6, 6.07) is 23.4. The number of nitrogens with zero attached hydrogens (tertiary/aromatic N) is 11. The third kappa shape index (κ3) is 14.6. The first-order valence-electron chi connectivity index (χ1n) is 27.0. The number of carbonyl (C=O) groups excluding carboxylic acids is 1. The number of aryl methyl sites for hydroxylation is 1. The van der Waals surface area contributed by atoms with E-state index in [4.69, 9.17) is 23.7 Å². The van der Waals surface area contributed by atoms with Gasteiger partial charge in [-0.1, -0.05) is 5.21 Å². The van der Waals surface area contributed by atoms with Crippen LogP contribution < -0.4 is 25.0 Å². The molecule has 25 nitrogen and oxygen atoms in total. The largest absolute Gasteiger partial charge is 0.737 e. The predicted molar refractivity (Wildman–Crippen MR) is 301 cm³/mol. The first-order valence-corrected chi connectivity index (χ1v) is 27.0. The third-order valence-electron chi connectivity index (χ3n) is 14.1. The Morgan fingerprint density at radius 2 is 1.61 bits per heavy atom. The number of hydrogen-bond donors (Lipinski definition) is 6. The second kappa shape index (κ2) is 27.6. The number of benzene rings is 3. The van der Waals surface area contributed by atoms with Gasteiger partial charge in [-0.25, -0.2) is 0 Å². The SMILES string of the molecule is COc1cc(N=Nc2ccc([N+](=O)[O-])cc2)c(OC)cc1N=Nc1ccc(N(C)CCCCNCCCO[C@@H]2O[C@H](COCc3cn(CCNC(=O)CCc4ccc5n4[B-](F)(F)[N+]4=C(c6ccc[nH]6)C=CC4=C5)nn3)[C@@H](O)[C@H](O)[C@H]2O)cc1. The van der Waals surface area contributed by atoms with Crippen LogP contribution in [0.15, 0.2) is 136 Å². The lowest BCUT2D eigenvalue weighted by Gasteiger charge is -2.40. The molecule has 3 aliphatic heterocycles. The van der Waals surface area contributed by atoms with Gasteiger partial charge < -0.3 is 77.1 Å². The molecule has 1 amide bonds. The maximum absolute atomic E-state index is 16.1. The van der Waals surface area contributed by atoms with Crippen molar-refractivity contribution < 1.29 is 61.8 Å². The van der Waals surface area contributed by atoms with E-state index in [9.17, 15) is 30.2 Å². The molecule has 83 heavy (non-hydrogen) atoms. The van der Waals surface area contributed by atoms with E-state index >= 15 is 8.63 Å². The number of rotatable bonds is 29. The number of aliphatic hydroxyl groups excluding tert-OH is 3. The molecule has 0 aliphatic carbocycles. The molecule has 6 aromatic rings. The van der Waals surface area contributed by atoms with Gasteiger partial charge in [0.2, 0.25) is 5.91 Å². The van der Waals surface area contributed by atoms with Gasteiger partial charge in [0.25, 0.3) is 5.69 Å². The Morgan fingerprint density at radius 1 is 0.904 bits per heavy atom. The number of methoxy groups -OCH3 is 2. The van der Waals surface area contributed by atoms with Crippen molar-refractivity contribution in [3.05, 3.63) is 148 Å². The Labute approximate surface area is 475 Å². The summed E-state index contributed by atoms with van der Waals surface area (Å²) in [4.78, 5) is 28.5. The molecule has 0 saturated carbocycles. The first kappa shape index (κ1) is 59.3. The van der Waals surface area contributed by atoms with Crippen LogP contribution in [-0.4, -0.2) is 159 Å². The molecule has 3 aromatic heterocycles. The van der Waals surface area contributed by atoms with Gasteiger partial charge in [-0.15, -0.1) is 15.3 Å². The molecular weight excluding hydrogens is 1080 g/mol. The lowest BCUT2D eigenvalue weighted by molar-refractivity contribution is -0.384. The van der Waals surface area contributed by atoms with E-state index in [2.05, 4.69) is 51.3 Å². The molecule has 0 radical (unpaired) electrons. The summed E-state index contributed by atoms with van der Waals surface area (Å²) in [7, 11) is 5.01. The molecule has 1 saturated heterocycles. The quantitative estimate of drug-likeness (QED) is 0.00925. The van der Waals surface area contributed by atoms with Crippen LogP contribution in [0.2, 0.25) is 0 Å². The summed E-state index contributed by atoms with van der Waals surface area (Å²) in [6.07, 6.45) is 4.30. The molecule has 9 rings (SSSR count). The number of nitro benzene ring substituents is 1. The van der Waals surface area contributed by atoms with Crippen LogP contribution in [0, 0.1) is 10.1 Å². The fourth-order valence-electron chi connectivity index (χ4n) is 9.65. The molecule has 3 aromatic carbocycles. The molecule has 0 unspecified atom stereocenters. The Bertz CT molecular complexity index is 3340. The van der Waals surface area contributed by atoms with Gasteiger partial charge in [-0.3, -0.25) is 19.6 Å². The van der Waals surface area contributed by atoms with Crippen LogP contribution >= 0.6 is 0 Å². The van der Waals surface area contributed by atoms with Gasteiger partial charge >= 0.3 is 6.97 Å². The van der Waals surface area contributed by atoms with Crippen molar-refractivity contribution in [1.82, 2.24) is 35.1 Å². The molecule has 5 atom stereocenters. The number of aliphatic hydroxyl groups is 3. The van der Waals surface area contributed by atoms with Gasteiger partial charge in [0, 0.05) is 86.6 Å². The number of allylic oxidation sites excluding steroid dienone is 2. The average Bonchev–Trinajstić information content (AvgIpc) is 3.11. The summed E-state index contributed by atoms with van der Waals surface area (Å²) in [5, 5.41) is 74.4. The number of unbranched alkanes of at least 4 members (excludes halogenated alkanes) is 1. The van der Waals surface area contributed by atoms with Gasteiger partial charge in [-0.05, 0) is 105 Å². The molecule has 6 heterocycles. The smallest absolute Gasteiger partial charge is 0.494 e. The molecule has 0 bridgehead atoms. The van der Waals surface area contributed by atoms with Crippen LogP contribution in [0.3, 0.4) is 0 Å². The fourth-order valence-corrected chi connectivity index (χ4v) is 9.65. The van der Waals surface area contributed by atoms with Crippen molar-refractivity contribution >= 4 is 58.8 Å². The average molecular weight is 1150 g/mol. The van der Waals surface area contributed by atoms with Crippen LogP contribution in [0.1, 0.15) is 48.5 Å². The van der Waals surface area contributed by atoms with Crippen molar-refractivity contribution in [3.63, 3.8) is 0 Å². The van der Waals surface area contributed by atoms with E-state index in [1.807, 2.05) is 31.3 Å². The summed E-state index contributed by atoms with van der Waals surface area (Å²) in [6.45, 7) is -1.41. The van der Waals surface area contributed by atoms with E-state index < -0.39 is 42.6 Å². The lowest BCUT2D eigenvalue weighted by atomic mass is 9.90. The lowest BCUT2D eigenvalue weighted by Crippen LogP contribution is -2.59. The minimum atomic E-state index is -4.22. The fraction of sp³-hybridized carbons (Fsp3) is 0.382. The second-order valence-corrected chi connectivity index (χ2v) is 19.8. The Balaban J connectivity index is 0.625. The highest BCUT2D eigenvalue weighted by molar-refractivity contribution is 6.58. The number of fused-ring (bicyclic) bond motifs is 2. The molecule has 1 fully saturated rings. The number of nitrogens with one attached hydrogen (secondary N) is 3. The van der Waals surface area contributed by atoms with Crippen molar-refractivity contribution in [2.45, 2.75) is 76.0 Å². The topological polar surface area (TPSA) is 298 Å². The summed E-state index contributed by atoms with van der Waals surface area (Å²) < 4.78 is 64.3. The molecule has 28 heteroatoms. The second-order valence-electron chi connectivity index (χ2n) is 19.8. The van der Waals surface area contributed by atoms with Crippen molar-refractivity contribution in [3.8, 4) is 11.5 Å². The summed E-state index contributed by atoms with van der Waals surface area (Å²) in [5.74, 6) is 0.462. The van der Waals surface area contributed by atoms with Crippen molar-refractivity contribution in [2.75, 3.05) is 65.6 Å². The summed E-state index contributed by atoms with van der Waals surface area (Å²) >= 11 is 0. The highest BCUT2D eigenvalue weighted by Crippen LogP contribution is 2.41. The molecule has 3 aliphatic rings.